The molecule has 33 heavy (non-hydrogen) atoms. The lowest BCUT2D eigenvalue weighted by Crippen LogP contribution is -2.48. The molecule has 5 rings (SSSR count). The normalized spacial score (nSPS) is 28.4. The SMILES string of the molecule is NC1CCC(N[C@@H]2CC2c2ccc(-c3cccc(NS(=O)(=O)N4CCNCC4)c3)cc2)CC1. The zero-order valence-corrected chi connectivity index (χ0v) is 19.9. The summed E-state index contributed by atoms with van der Waals surface area (Å²) >= 11 is 0. The molecule has 8 heteroatoms. The summed E-state index contributed by atoms with van der Waals surface area (Å²) in [5.74, 6) is 0.590. The molecule has 2 aromatic rings. The lowest BCUT2D eigenvalue weighted by molar-refractivity contribution is 0.339. The average Bonchev–Trinajstić information content (AvgIpc) is 3.60. The van der Waals surface area contributed by atoms with E-state index in [9.17, 15) is 8.42 Å². The molecule has 2 aromatic carbocycles. The van der Waals surface area contributed by atoms with Crippen molar-refractivity contribution >= 4 is 15.9 Å². The highest BCUT2D eigenvalue weighted by molar-refractivity contribution is 7.90. The van der Waals surface area contributed by atoms with Gasteiger partial charge in [0.25, 0.3) is 0 Å². The minimum atomic E-state index is -3.54. The first-order chi connectivity index (χ1) is 16.0. The Labute approximate surface area is 197 Å². The number of benzene rings is 2. The van der Waals surface area contributed by atoms with Crippen molar-refractivity contribution in [2.75, 3.05) is 30.9 Å². The lowest BCUT2D eigenvalue weighted by atomic mass is 9.92. The van der Waals surface area contributed by atoms with Crippen molar-refractivity contribution in [2.45, 2.75) is 56.1 Å². The van der Waals surface area contributed by atoms with E-state index in [0.29, 0.717) is 55.9 Å². The predicted molar refractivity (Wildman–Crippen MR) is 133 cm³/mol. The van der Waals surface area contributed by atoms with Gasteiger partial charge in [0.2, 0.25) is 0 Å². The molecule has 0 amide bonds. The Morgan fingerprint density at radius 1 is 0.939 bits per heavy atom. The molecule has 2 saturated carbocycles. The number of hydrogen-bond acceptors (Lipinski definition) is 5. The van der Waals surface area contributed by atoms with Gasteiger partial charge in [-0.25, -0.2) is 0 Å². The van der Waals surface area contributed by atoms with Crippen molar-refractivity contribution in [1.29, 1.82) is 0 Å². The molecule has 3 aliphatic rings. The Morgan fingerprint density at radius 3 is 2.39 bits per heavy atom. The van der Waals surface area contributed by atoms with E-state index in [-0.39, 0.29) is 0 Å². The summed E-state index contributed by atoms with van der Waals surface area (Å²) in [6.45, 7) is 2.34. The second-order valence-corrected chi connectivity index (χ2v) is 11.4. The largest absolute Gasteiger partial charge is 0.328 e. The third kappa shape index (κ3) is 5.58. The first-order valence-corrected chi connectivity index (χ1v) is 13.6. The predicted octanol–water partition coefficient (Wildman–Crippen LogP) is 2.63. The van der Waals surface area contributed by atoms with Crippen LogP contribution in [0, 0.1) is 0 Å². The van der Waals surface area contributed by atoms with Gasteiger partial charge in [-0.05, 0) is 60.9 Å². The summed E-state index contributed by atoms with van der Waals surface area (Å²) < 4.78 is 29.6. The molecule has 1 unspecified atom stereocenters. The van der Waals surface area contributed by atoms with E-state index in [2.05, 4.69) is 39.6 Å². The van der Waals surface area contributed by atoms with Crippen molar-refractivity contribution in [1.82, 2.24) is 14.9 Å². The van der Waals surface area contributed by atoms with Gasteiger partial charge >= 0.3 is 10.2 Å². The van der Waals surface area contributed by atoms with Gasteiger partial charge in [-0.15, -0.1) is 0 Å². The average molecular weight is 470 g/mol. The maximum atomic E-state index is 12.7. The van der Waals surface area contributed by atoms with Gasteiger partial charge in [0.15, 0.2) is 0 Å². The smallest absolute Gasteiger partial charge is 0.301 e. The summed E-state index contributed by atoms with van der Waals surface area (Å²) in [5.41, 5.74) is 10.1. The van der Waals surface area contributed by atoms with Gasteiger partial charge in [-0.1, -0.05) is 36.4 Å². The number of anilines is 1. The fourth-order valence-corrected chi connectivity index (χ4v) is 6.34. The molecule has 3 fully saturated rings. The van der Waals surface area contributed by atoms with E-state index < -0.39 is 10.2 Å². The lowest BCUT2D eigenvalue weighted by Gasteiger charge is -2.27. The van der Waals surface area contributed by atoms with Crippen LogP contribution >= 0.6 is 0 Å². The number of nitrogens with zero attached hydrogens (tertiary/aromatic N) is 1. The Kier molecular flexibility index (Phi) is 6.72. The van der Waals surface area contributed by atoms with Crippen molar-refractivity contribution in [3.05, 3.63) is 54.1 Å². The highest BCUT2D eigenvalue weighted by Crippen LogP contribution is 2.42. The molecule has 0 spiro atoms. The van der Waals surface area contributed by atoms with Crippen LogP contribution in [0.4, 0.5) is 5.69 Å². The molecule has 178 valence electrons. The molecule has 1 saturated heterocycles. The number of rotatable bonds is 7. The third-order valence-electron chi connectivity index (χ3n) is 7.21. The number of piperazine rings is 1. The number of nitrogens with two attached hydrogens (primary N) is 1. The third-order valence-corrected chi connectivity index (χ3v) is 8.75. The molecule has 1 aliphatic heterocycles. The fourth-order valence-electron chi connectivity index (χ4n) is 5.12. The van der Waals surface area contributed by atoms with Crippen molar-refractivity contribution in [2.24, 2.45) is 5.73 Å². The van der Waals surface area contributed by atoms with Gasteiger partial charge in [0.05, 0.1) is 5.69 Å². The van der Waals surface area contributed by atoms with Crippen LogP contribution in [-0.2, 0) is 10.2 Å². The fraction of sp³-hybridized carbons (Fsp3) is 0.520. The summed E-state index contributed by atoms with van der Waals surface area (Å²) in [4.78, 5) is 0. The summed E-state index contributed by atoms with van der Waals surface area (Å²) in [6, 6.07) is 17.9. The van der Waals surface area contributed by atoms with E-state index in [1.165, 1.54) is 29.1 Å². The minimum absolute atomic E-state index is 0.390. The standard InChI is InChI=1S/C25H35N5O2S/c26-21-8-10-22(11-9-21)28-25-17-24(25)19-6-4-18(5-7-19)20-2-1-3-23(16-20)29-33(31,32)30-14-12-27-13-15-30/h1-7,16,21-22,24-25,27-29H,8-15,17,26H2/t21?,22?,24?,25-/m1/s1. The van der Waals surface area contributed by atoms with Crippen LogP contribution in [0.25, 0.3) is 11.1 Å². The van der Waals surface area contributed by atoms with Gasteiger partial charge in [-0.2, -0.15) is 12.7 Å². The van der Waals surface area contributed by atoms with E-state index in [0.717, 1.165) is 24.0 Å². The van der Waals surface area contributed by atoms with E-state index in [1.807, 2.05) is 18.2 Å². The number of hydrogen-bond donors (Lipinski definition) is 4. The van der Waals surface area contributed by atoms with Gasteiger partial charge in [0, 0.05) is 50.2 Å². The minimum Gasteiger partial charge on any atom is -0.328 e. The summed E-state index contributed by atoms with van der Waals surface area (Å²) in [7, 11) is -3.54. The second-order valence-electron chi connectivity index (χ2n) is 9.69. The topological polar surface area (TPSA) is 99.5 Å². The van der Waals surface area contributed by atoms with E-state index in [1.54, 1.807) is 6.07 Å². The molecule has 1 heterocycles. The van der Waals surface area contributed by atoms with Crippen molar-refractivity contribution in [3.63, 3.8) is 0 Å². The van der Waals surface area contributed by atoms with Gasteiger partial charge < -0.3 is 16.4 Å². The highest BCUT2D eigenvalue weighted by atomic mass is 32.2. The molecule has 2 atom stereocenters. The van der Waals surface area contributed by atoms with E-state index >= 15 is 0 Å². The zero-order chi connectivity index (χ0) is 22.8. The maximum Gasteiger partial charge on any atom is 0.301 e. The van der Waals surface area contributed by atoms with Crippen LogP contribution < -0.4 is 21.1 Å². The van der Waals surface area contributed by atoms with Crippen LogP contribution in [0.3, 0.4) is 0 Å². The Morgan fingerprint density at radius 2 is 1.67 bits per heavy atom. The Bertz CT molecular complexity index is 1040. The Hall–Kier alpha value is -1.97. The molecule has 0 radical (unpaired) electrons. The van der Waals surface area contributed by atoms with Crippen LogP contribution in [0.2, 0.25) is 0 Å². The van der Waals surface area contributed by atoms with Crippen LogP contribution in [0.5, 0.6) is 0 Å². The molecule has 7 nitrogen and oxygen atoms in total. The van der Waals surface area contributed by atoms with Crippen molar-refractivity contribution < 1.29 is 8.42 Å². The second kappa shape index (κ2) is 9.72. The molecule has 5 N–H and O–H groups in total. The zero-order valence-electron chi connectivity index (χ0n) is 19.0. The van der Waals surface area contributed by atoms with Gasteiger partial charge in [0.1, 0.15) is 0 Å². The highest BCUT2D eigenvalue weighted by Gasteiger charge is 2.39. The van der Waals surface area contributed by atoms with Gasteiger partial charge in [-0.3, -0.25) is 4.72 Å². The van der Waals surface area contributed by atoms with Crippen LogP contribution in [0.15, 0.2) is 48.5 Å². The monoisotopic (exact) mass is 469 g/mol. The molecule has 2 aliphatic carbocycles. The molecular weight excluding hydrogens is 434 g/mol. The molecular formula is C25H35N5O2S. The van der Waals surface area contributed by atoms with Crippen LogP contribution in [0.1, 0.15) is 43.6 Å². The van der Waals surface area contributed by atoms with Crippen LogP contribution in [-0.4, -0.2) is 57.0 Å². The first-order valence-electron chi connectivity index (χ1n) is 12.2. The molecule has 0 bridgehead atoms. The maximum absolute atomic E-state index is 12.7. The molecule has 0 aromatic heterocycles. The summed E-state index contributed by atoms with van der Waals surface area (Å²) in [6.07, 6.45) is 5.85. The quantitative estimate of drug-likeness (QED) is 0.500. The Balaban J connectivity index is 1.20. The summed E-state index contributed by atoms with van der Waals surface area (Å²) in [5, 5.41) is 7.02. The van der Waals surface area contributed by atoms with Crippen molar-refractivity contribution in [3.8, 4) is 11.1 Å². The first kappa shape index (κ1) is 22.8. The number of nitrogens with one attached hydrogen (secondary N) is 3. The van der Waals surface area contributed by atoms with E-state index in [4.69, 9.17) is 5.73 Å².